The van der Waals surface area contributed by atoms with E-state index in [1.54, 1.807) is 36.2 Å². The third-order valence-corrected chi connectivity index (χ3v) is 5.29. The Morgan fingerprint density at radius 2 is 1.86 bits per heavy atom. The second-order valence-electron chi connectivity index (χ2n) is 7.51. The number of fused-ring (bicyclic) bond motifs is 1. The van der Waals surface area contributed by atoms with E-state index in [1.807, 2.05) is 49.4 Å². The van der Waals surface area contributed by atoms with Crippen molar-refractivity contribution in [2.24, 2.45) is 0 Å². The lowest BCUT2D eigenvalue weighted by Crippen LogP contribution is -2.27. The molecule has 0 radical (unpaired) electrons. The zero-order valence-electron chi connectivity index (χ0n) is 16.6. The summed E-state index contributed by atoms with van der Waals surface area (Å²) >= 11 is 0. The highest BCUT2D eigenvalue weighted by Gasteiger charge is 2.23. The van der Waals surface area contributed by atoms with E-state index >= 15 is 0 Å². The molecule has 5 heteroatoms. The summed E-state index contributed by atoms with van der Waals surface area (Å²) < 4.78 is 5.88. The van der Waals surface area contributed by atoms with Crippen molar-refractivity contribution in [3.8, 4) is 0 Å². The van der Waals surface area contributed by atoms with E-state index in [4.69, 9.17) is 4.42 Å². The zero-order chi connectivity index (χ0) is 20.4. The Labute approximate surface area is 170 Å². The van der Waals surface area contributed by atoms with Crippen LogP contribution in [0, 0.1) is 0 Å². The Kier molecular flexibility index (Phi) is 5.21. The molecule has 1 unspecified atom stereocenters. The number of carbonyl (C=O) groups is 2. The SMILES string of the molecule is CC(c1cc2ccccc2o1)N(C)C(=O)/C=C/c1ccc(C(=O)NC2CC2)cc1. The lowest BCUT2D eigenvalue weighted by atomic mass is 10.1. The van der Waals surface area contributed by atoms with Crippen molar-refractivity contribution >= 4 is 28.9 Å². The Morgan fingerprint density at radius 3 is 2.55 bits per heavy atom. The van der Waals surface area contributed by atoms with Gasteiger partial charge < -0.3 is 14.6 Å². The third kappa shape index (κ3) is 4.40. The van der Waals surface area contributed by atoms with Gasteiger partial charge in [0.05, 0.1) is 6.04 Å². The van der Waals surface area contributed by atoms with Crippen LogP contribution in [0.1, 0.15) is 47.5 Å². The van der Waals surface area contributed by atoms with Crippen LogP contribution >= 0.6 is 0 Å². The molecule has 1 aliphatic carbocycles. The lowest BCUT2D eigenvalue weighted by molar-refractivity contribution is -0.126. The quantitative estimate of drug-likeness (QED) is 0.630. The summed E-state index contributed by atoms with van der Waals surface area (Å²) in [4.78, 5) is 26.3. The number of likely N-dealkylation sites (N-methyl/N-ethyl adjacent to an activating group) is 1. The van der Waals surface area contributed by atoms with E-state index in [0.717, 1.165) is 35.1 Å². The maximum absolute atomic E-state index is 12.6. The van der Waals surface area contributed by atoms with Crippen molar-refractivity contribution in [3.63, 3.8) is 0 Å². The monoisotopic (exact) mass is 388 g/mol. The fourth-order valence-corrected chi connectivity index (χ4v) is 3.12. The number of para-hydroxylation sites is 1. The van der Waals surface area contributed by atoms with E-state index in [2.05, 4.69) is 5.32 Å². The molecule has 4 rings (SSSR count). The predicted octanol–water partition coefficient (Wildman–Crippen LogP) is 4.56. The summed E-state index contributed by atoms with van der Waals surface area (Å²) in [6.45, 7) is 1.94. The van der Waals surface area contributed by atoms with Crippen LogP contribution in [0.5, 0.6) is 0 Å². The summed E-state index contributed by atoms with van der Waals surface area (Å²) in [6, 6.07) is 17.2. The van der Waals surface area contributed by atoms with E-state index in [9.17, 15) is 9.59 Å². The van der Waals surface area contributed by atoms with Crippen LogP contribution in [0.15, 0.2) is 65.1 Å². The van der Waals surface area contributed by atoms with Gasteiger partial charge in [0.1, 0.15) is 11.3 Å². The summed E-state index contributed by atoms with van der Waals surface area (Å²) in [7, 11) is 1.76. The van der Waals surface area contributed by atoms with Gasteiger partial charge in [-0.3, -0.25) is 9.59 Å². The number of nitrogens with one attached hydrogen (secondary N) is 1. The largest absolute Gasteiger partial charge is 0.459 e. The minimum absolute atomic E-state index is 0.0431. The maximum Gasteiger partial charge on any atom is 0.251 e. The van der Waals surface area contributed by atoms with E-state index < -0.39 is 0 Å². The number of amides is 2. The first kappa shape index (κ1) is 19.0. The van der Waals surface area contributed by atoms with E-state index in [0.29, 0.717) is 11.6 Å². The Morgan fingerprint density at radius 1 is 1.14 bits per heavy atom. The maximum atomic E-state index is 12.6. The number of nitrogens with zero attached hydrogens (tertiary/aromatic N) is 1. The third-order valence-electron chi connectivity index (χ3n) is 5.29. The molecule has 3 aromatic rings. The smallest absolute Gasteiger partial charge is 0.251 e. The highest BCUT2D eigenvalue weighted by atomic mass is 16.3. The molecule has 148 valence electrons. The van der Waals surface area contributed by atoms with Crippen LogP contribution in [0.2, 0.25) is 0 Å². The Bertz CT molecular complexity index is 1030. The minimum Gasteiger partial charge on any atom is -0.459 e. The van der Waals surface area contributed by atoms with Gasteiger partial charge in [-0.15, -0.1) is 0 Å². The molecule has 0 aliphatic heterocycles. The molecular formula is C24H24N2O3. The molecule has 29 heavy (non-hydrogen) atoms. The van der Waals surface area contributed by atoms with Crippen molar-refractivity contribution in [3.05, 3.63) is 77.6 Å². The normalized spacial score (nSPS) is 14.8. The van der Waals surface area contributed by atoms with Crippen LogP contribution < -0.4 is 5.32 Å². The fourth-order valence-electron chi connectivity index (χ4n) is 3.12. The molecule has 1 aromatic heterocycles. The Hall–Kier alpha value is -3.34. The molecule has 1 aliphatic rings. The molecule has 0 spiro atoms. The molecule has 1 N–H and O–H groups in total. The van der Waals surface area contributed by atoms with Crippen LogP contribution in [0.25, 0.3) is 17.0 Å². The van der Waals surface area contributed by atoms with Gasteiger partial charge >= 0.3 is 0 Å². The first-order valence-corrected chi connectivity index (χ1v) is 9.85. The van der Waals surface area contributed by atoms with Gasteiger partial charge in [-0.25, -0.2) is 0 Å². The van der Waals surface area contributed by atoms with Crippen LogP contribution in [-0.4, -0.2) is 29.8 Å². The highest BCUT2D eigenvalue weighted by molar-refractivity contribution is 5.95. The van der Waals surface area contributed by atoms with Crippen molar-refractivity contribution in [2.45, 2.75) is 31.8 Å². The topological polar surface area (TPSA) is 62.6 Å². The van der Waals surface area contributed by atoms with Gasteiger partial charge in [0.15, 0.2) is 0 Å². The van der Waals surface area contributed by atoms with E-state index in [1.165, 1.54) is 0 Å². The number of rotatable bonds is 6. The van der Waals surface area contributed by atoms with Crippen molar-refractivity contribution in [1.29, 1.82) is 0 Å². The number of hydrogen-bond acceptors (Lipinski definition) is 3. The predicted molar refractivity (Wildman–Crippen MR) is 113 cm³/mol. The molecule has 2 aromatic carbocycles. The summed E-state index contributed by atoms with van der Waals surface area (Å²) in [5, 5.41) is 3.99. The van der Waals surface area contributed by atoms with Crippen LogP contribution in [0.4, 0.5) is 0 Å². The average Bonchev–Trinajstić information content (AvgIpc) is 3.45. The minimum atomic E-state index is -0.187. The molecule has 1 atom stereocenters. The molecular weight excluding hydrogens is 364 g/mol. The second kappa shape index (κ2) is 7.95. The van der Waals surface area contributed by atoms with Crippen molar-refractivity contribution in [1.82, 2.24) is 10.2 Å². The van der Waals surface area contributed by atoms with Gasteiger partial charge in [-0.2, -0.15) is 0 Å². The van der Waals surface area contributed by atoms with Gasteiger partial charge in [0, 0.05) is 30.1 Å². The molecule has 0 saturated heterocycles. The first-order valence-electron chi connectivity index (χ1n) is 9.85. The van der Waals surface area contributed by atoms with Gasteiger partial charge in [-0.05, 0) is 55.7 Å². The molecule has 2 amide bonds. The average molecular weight is 388 g/mol. The molecule has 1 saturated carbocycles. The van der Waals surface area contributed by atoms with Crippen LogP contribution in [-0.2, 0) is 4.79 Å². The lowest BCUT2D eigenvalue weighted by Gasteiger charge is -2.21. The first-order chi connectivity index (χ1) is 14.0. The van der Waals surface area contributed by atoms with E-state index in [-0.39, 0.29) is 17.9 Å². The molecule has 0 bridgehead atoms. The molecule has 1 heterocycles. The van der Waals surface area contributed by atoms with Crippen molar-refractivity contribution in [2.75, 3.05) is 7.05 Å². The Balaban J connectivity index is 1.39. The number of hydrogen-bond donors (Lipinski definition) is 1. The number of benzene rings is 2. The van der Waals surface area contributed by atoms with Gasteiger partial charge in [0.25, 0.3) is 5.91 Å². The van der Waals surface area contributed by atoms with Crippen molar-refractivity contribution < 1.29 is 14.0 Å². The summed E-state index contributed by atoms with van der Waals surface area (Å²) in [5.74, 6) is 0.591. The summed E-state index contributed by atoms with van der Waals surface area (Å²) in [6.07, 6.45) is 5.43. The second-order valence-corrected chi connectivity index (χ2v) is 7.51. The number of carbonyl (C=O) groups excluding carboxylic acids is 2. The molecule has 5 nitrogen and oxygen atoms in total. The highest BCUT2D eigenvalue weighted by Crippen LogP contribution is 2.27. The van der Waals surface area contributed by atoms with Gasteiger partial charge in [-0.1, -0.05) is 30.3 Å². The number of furan rings is 1. The van der Waals surface area contributed by atoms with Gasteiger partial charge in [0.2, 0.25) is 5.91 Å². The molecule has 1 fully saturated rings. The zero-order valence-corrected chi connectivity index (χ0v) is 16.6. The summed E-state index contributed by atoms with van der Waals surface area (Å²) in [5.41, 5.74) is 2.32. The van der Waals surface area contributed by atoms with Crippen LogP contribution in [0.3, 0.4) is 0 Å². The standard InChI is InChI=1S/C24H24N2O3/c1-16(22-15-19-5-3-4-6-21(19)29-22)26(2)23(27)14-9-17-7-10-18(11-8-17)24(28)25-20-12-13-20/h3-11,14-16,20H,12-13H2,1-2H3,(H,25,28)/b14-9+. The fraction of sp³-hybridized carbons (Fsp3) is 0.250.